The van der Waals surface area contributed by atoms with Crippen LogP contribution in [0.25, 0.3) is 0 Å². The van der Waals surface area contributed by atoms with Gasteiger partial charge in [0.25, 0.3) is 5.69 Å². The number of hydrogen-bond acceptors (Lipinski definition) is 5. The van der Waals surface area contributed by atoms with Crippen molar-refractivity contribution < 1.29 is 24.7 Å². The number of carbonyl (C=O) groups excluding carboxylic acids is 1. The second-order valence-electron chi connectivity index (χ2n) is 3.49. The lowest BCUT2D eigenvalue weighted by Gasteiger charge is -2.09. The van der Waals surface area contributed by atoms with E-state index in [1.54, 1.807) is 0 Å². The predicted molar refractivity (Wildman–Crippen MR) is 63.8 cm³/mol. The molecule has 0 aromatic heterocycles. The first-order valence-electron chi connectivity index (χ1n) is 5.10. The molecule has 0 radical (unpaired) electrons. The standard InChI is InChI=1S/C10H11N3O6/c14-8(9(15)16)5-11-10(17)12-6-1-3-7(4-2-6)13(18)19/h1-4,8,14H,5H2,(H,15,16)(H2,11,12,17)/t8-/m0/s1. The Hall–Kier alpha value is -2.68. The molecule has 0 aliphatic carbocycles. The van der Waals surface area contributed by atoms with Gasteiger partial charge in [0.1, 0.15) is 0 Å². The van der Waals surface area contributed by atoms with Crippen molar-refractivity contribution in [2.45, 2.75) is 6.10 Å². The topological polar surface area (TPSA) is 142 Å². The molecule has 2 amide bonds. The summed E-state index contributed by atoms with van der Waals surface area (Å²) in [6.45, 7) is -0.450. The average Bonchev–Trinajstić information content (AvgIpc) is 2.36. The van der Waals surface area contributed by atoms with Crippen LogP contribution in [-0.2, 0) is 4.79 Å². The normalized spacial score (nSPS) is 11.4. The van der Waals surface area contributed by atoms with Crippen molar-refractivity contribution in [3.05, 3.63) is 34.4 Å². The molecular formula is C10H11N3O6. The molecule has 0 saturated carbocycles. The SMILES string of the molecule is O=C(NC[C@H](O)C(=O)O)Nc1ccc([N+](=O)[O-])cc1. The fourth-order valence-corrected chi connectivity index (χ4v) is 1.12. The number of nitrogens with one attached hydrogen (secondary N) is 2. The molecule has 9 nitrogen and oxygen atoms in total. The molecule has 0 aliphatic rings. The van der Waals surface area contributed by atoms with Crippen LogP contribution in [0.5, 0.6) is 0 Å². The van der Waals surface area contributed by atoms with Crippen LogP contribution >= 0.6 is 0 Å². The van der Waals surface area contributed by atoms with Crippen molar-refractivity contribution in [2.24, 2.45) is 0 Å². The molecule has 102 valence electrons. The fourth-order valence-electron chi connectivity index (χ4n) is 1.12. The Bertz CT molecular complexity index is 487. The molecule has 9 heteroatoms. The Morgan fingerprint density at radius 1 is 1.32 bits per heavy atom. The van der Waals surface area contributed by atoms with Gasteiger partial charge in [-0.25, -0.2) is 9.59 Å². The van der Waals surface area contributed by atoms with Gasteiger partial charge in [-0.2, -0.15) is 0 Å². The van der Waals surface area contributed by atoms with Crippen LogP contribution in [0.15, 0.2) is 24.3 Å². The third kappa shape index (κ3) is 4.60. The Morgan fingerprint density at radius 3 is 2.37 bits per heavy atom. The molecule has 1 rings (SSSR count). The maximum Gasteiger partial charge on any atom is 0.334 e. The summed E-state index contributed by atoms with van der Waals surface area (Å²) >= 11 is 0. The number of aliphatic hydroxyl groups excluding tert-OH is 1. The lowest BCUT2D eigenvalue weighted by Crippen LogP contribution is -2.38. The first-order valence-corrected chi connectivity index (χ1v) is 5.10. The molecule has 0 heterocycles. The van der Waals surface area contributed by atoms with E-state index in [2.05, 4.69) is 10.6 Å². The van der Waals surface area contributed by atoms with Gasteiger partial charge in [0.05, 0.1) is 11.5 Å². The predicted octanol–water partition coefficient (Wildman–Crippen LogP) is 0.162. The number of nitro benzene ring substituents is 1. The van der Waals surface area contributed by atoms with Crippen LogP contribution in [0.3, 0.4) is 0 Å². The van der Waals surface area contributed by atoms with Crippen LogP contribution in [-0.4, -0.2) is 39.8 Å². The van der Waals surface area contributed by atoms with Crippen LogP contribution in [0, 0.1) is 10.1 Å². The minimum absolute atomic E-state index is 0.118. The average molecular weight is 269 g/mol. The number of carbonyl (C=O) groups is 2. The van der Waals surface area contributed by atoms with Crippen molar-refractivity contribution in [1.29, 1.82) is 0 Å². The summed E-state index contributed by atoms with van der Waals surface area (Å²) in [5, 5.41) is 32.2. The van der Waals surface area contributed by atoms with Crippen molar-refractivity contribution in [2.75, 3.05) is 11.9 Å². The van der Waals surface area contributed by atoms with Gasteiger partial charge < -0.3 is 20.8 Å². The van der Waals surface area contributed by atoms with Crippen molar-refractivity contribution >= 4 is 23.4 Å². The molecule has 4 N–H and O–H groups in total. The molecule has 1 atom stereocenters. The number of urea groups is 1. The number of rotatable bonds is 5. The first-order chi connectivity index (χ1) is 8.90. The van der Waals surface area contributed by atoms with E-state index in [0.717, 1.165) is 0 Å². The zero-order valence-corrected chi connectivity index (χ0v) is 9.57. The van der Waals surface area contributed by atoms with Crippen molar-refractivity contribution in [3.8, 4) is 0 Å². The molecule has 0 spiro atoms. The van der Waals surface area contributed by atoms with Crippen molar-refractivity contribution in [1.82, 2.24) is 5.32 Å². The van der Waals surface area contributed by atoms with E-state index in [1.807, 2.05) is 0 Å². The summed E-state index contributed by atoms with van der Waals surface area (Å²) in [5.41, 5.74) is 0.181. The van der Waals surface area contributed by atoms with Gasteiger partial charge in [-0.1, -0.05) is 0 Å². The number of amides is 2. The number of aliphatic carboxylic acids is 1. The van der Waals surface area contributed by atoms with Gasteiger partial charge in [-0.15, -0.1) is 0 Å². The number of carboxylic acid groups (broad SMARTS) is 1. The monoisotopic (exact) mass is 269 g/mol. The lowest BCUT2D eigenvalue weighted by atomic mass is 10.3. The summed E-state index contributed by atoms with van der Waals surface area (Å²) < 4.78 is 0. The van der Waals surface area contributed by atoms with Crippen LogP contribution in [0.2, 0.25) is 0 Å². The smallest absolute Gasteiger partial charge is 0.334 e. The Labute approximate surface area is 107 Å². The van der Waals surface area contributed by atoms with Gasteiger partial charge in [0.2, 0.25) is 0 Å². The van der Waals surface area contributed by atoms with E-state index < -0.39 is 29.6 Å². The summed E-state index contributed by atoms with van der Waals surface area (Å²) in [4.78, 5) is 31.4. The Kier molecular flexibility index (Phi) is 4.77. The fraction of sp³-hybridized carbons (Fsp3) is 0.200. The molecule has 0 bridgehead atoms. The quantitative estimate of drug-likeness (QED) is 0.443. The number of anilines is 1. The molecule has 0 aliphatic heterocycles. The number of carboxylic acids is 1. The molecule has 0 fully saturated rings. The lowest BCUT2D eigenvalue weighted by molar-refractivity contribution is -0.384. The van der Waals surface area contributed by atoms with E-state index in [-0.39, 0.29) is 5.69 Å². The van der Waals surface area contributed by atoms with E-state index in [9.17, 15) is 19.7 Å². The second kappa shape index (κ2) is 6.31. The summed E-state index contributed by atoms with van der Waals surface area (Å²) in [6, 6.07) is 4.34. The highest BCUT2D eigenvalue weighted by Gasteiger charge is 2.14. The molecule has 0 unspecified atom stereocenters. The molecule has 0 saturated heterocycles. The van der Waals surface area contributed by atoms with Gasteiger partial charge in [0.15, 0.2) is 6.10 Å². The third-order valence-corrected chi connectivity index (χ3v) is 2.08. The van der Waals surface area contributed by atoms with E-state index in [1.165, 1.54) is 24.3 Å². The summed E-state index contributed by atoms with van der Waals surface area (Å²) in [5.74, 6) is -1.45. The number of nitrogens with zero attached hydrogens (tertiary/aromatic N) is 1. The number of hydrogen-bond donors (Lipinski definition) is 4. The summed E-state index contributed by atoms with van der Waals surface area (Å²) in [6.07, 6.45) is -1.69. The highest BCUT2D eigenvalue weighted by molar-refractivity contribution is 5.89. The molecule has 1 aromatic carbocycles. The highest BCUT2D eigenvalue weighted by Crippen LogP contribution is 2.14. The van der Waals surface area contributed by atoms with Crippen LogP contribution in [0.4, 0.5) is 16.2 Å². The number of aliphatic hydroxyl groups is 1. The van der Waals surface area contributed by atoms with Gasteiger partial charge in [-0.3, -0.25) is 10.1 Å². The van der Waals surface area contributed by atoms with Crippen molar-refractivity contribution in [3.63, 3.8) is 0 Å². The van der Waals surface area contributed by atoms with Gasteiger partial charge in [0, 0.05) is 17.8 Å². The van der Waals surface area contributed by atoms with E-state index >= 15 is 0 Å². The zero-order chi connectivity index (χ0) is 14.4. The maximum atomic E-state index is 11.3. The Morgan fingerprint density at radius 2 is 1.89 bits per heavy atom. The van der Waals surface area contributed by atoms with Crippen LogP contribution < -0.4 is 10.6 Å². The van der Waals surface area contributed by atoms with Crippen LogP contribution in [0.1, 0.15) is 0 Å². The summed E-state index contributed by atoms with van der Waals surface area (Å²) in [7, 11) is 0. The minimum Gasteiger partial charge on any atom is -0.479 e. The Balaban J connectivity index is 2.48. The number of non-ortho nitro benzene ring substituents is 1. The zero-order valence-electron chi connectivity index (χ0n) is 9.57. The molecule has 1 aromatic rings. The highest BCUT2D eigenvalue weighted by atomic mass is 16.6. The molecular weight excluding hydrogens is 258 g/mol. The number of nitro groups is 1. The second-order valence-corrected chi connectivity index (χ2v) is 3.49. The van der Waals surface area contributed by atoms with E-state index in [4.69, 9.17) is 10.2 Å². The third-order valence-electron chi connectivity index (χ3n) is 2.08. The van der Waals surface area contributed by atoms with Gasteiger partial charge in [-0.05, 0) is 12.1 Å². The number of benzene rings is 1. The largest absolute Gasteiger partial charge is 0.479 e. The van der Waals surface area contributed by atoms with Gasteiger partial charge >= 0.3 is 12.0 Å². The van der Waals surface area contributed by atoms with E-state index in [0.29, 0.717) is 5.69 Å². The minimum atomic E-state index is -1.69. The maximum absolute atomic E-state index is 11.3. The first kappa shape index (κ1) is 14.4. The molecule has 19 heavy (non-hydrogen) atoms.